The standard InChI is InChI=1S/C11H9ClN4O2/c12-10-2-1-9(7-11(10)16(17)18)8-15(5-3-13)6-4-14/h1-2,7H,5-6,8H2. The number of nitrogens with zero attached hydrogens (tertiary/aromatic N) is 4. The monoisotopic (exact) mass is 264 g/mol. The predicted molar refractivity (Wildman–Crippen MR) is 64.6 cm³/mol. The van der Waals surface area contributed by atoms with E-state index in [9.17, 15) is 10.1 Å². The van der Waals surface area contributed by atoms with Crippen molar-refractivity contribution < 1.29 is 4.92 Å². The first-order valence-corrected chi connectivity index (χ1v) is 5.35. The zero-order chi connectivity index (χ0) is 13.5. The van der Waals surface area contributed by atoms with Gasteiger partial charge in [0.15, 0.2) is 0 Å². The summed E-state index contributed by atoms with van der Waals surface area (Å²) >= 11 is 5.69. The van der Waals surface area contributed by atoms with Crippen LogP contribution in [0.4, 0.5) is 5.69 Å². The maximum Gasteiger partial charge on any atom is 0.288 e. The van der Waals surface area contributed by atoms with Gasteiger partial charge in [-0.3, -0.25) is 15.0 Å². The van der Waals surface area contributed by atoms with Crippen LogP contribution >= 0.6 is 11.6 Å². The quantitative estimate of drug-likeness (QED) is 0.461. The summed E-state index contributed by atoms with van der Waals surface area (Å²) in [6.45, 7) is 0.465. The summed E-state index contributed by atoms with van der Waals surface area (Å²) < 4.78 is 0. The number of nitro groups is 1. The maximum atomic E-state index is 10.7. The molecule has 1 aromatic carbocycles. The van der Waals surface area contributed by atoms with Gasteiger partial charge in [0.05, 0.1) is 30.2 Å². The van der Waals surface area contributed by atoms with Crippen LogP contribution in [0.25, 0.3) is 0 Å². The first kappa shape index (κ1) is 13.9. The predicted octanol–water partition coefficient (Wildman–Crippen LogP) is 2.10. The van der Waals surface area contributed by atoms with Crippen molar-refractivity contribution in [1.29, 1.82) is 10.5 Å². The molecule has 0 aliphatic carbocycles. The highest BCUT2D eigenvalue weighted by Crippen LogP contribution is 2.25. The number of hydrogen-bond acceptors (Lipinski definition) is 5. The average Bonchev–Trinajstić information content (AvgIpc) is 2.32. The second-order valence-electron chi connectivity index (χ2n) is 3.50. The van der Waals surface area contributed by atoms with E-state index in [0.717, 1.165) is 0 Å². The van der Waals surface area contributed by atoms with Crippen molar-refractivity contribution >= 4 is 17.3 Å². The van der Waals surface area contributed by atoms with Crippen LogP contribution in [0.3, 0.4) is 0 Å². The molecule has 0 atom stereocenters. The lowest BCUT2D eigenvalue weighted by Crippen LogP contribution is -2.23. The van der Waals surface area contributed by atoms with Gasteiger partial charge in [-0.1, -0.05) is 17.7 Å². The third kappa shape index (κ3) is 3.70. The minimum atomic E-state index is -0.565. The SMILES string of the molecule is N#CCN(CC#N)Cc1ccc(Cl)c([N+](=O)[O-])c1. The van der Waals surface area contributed by atoms with E-state index in [1.807, 2.05) is 12.1 Å². The second-order valence-corrected chi connectivity index (χ2v) is 3.91. The summed E-state index contributed by atoms with van der Waals surface area (Å²) in [6.07, 6.45) is 0. The van der Waals surface area contributed by atoms with Gasteiger partial charge >= 0.3 is 0 Å². The molecule has 0 aromatic heterocycles. The smallest absolute Gasteiger partial charge is 0.273 e. The van der Waals surface area contributed by atoms with Crippen LogP contribution in [0, 0.1) is 32.8 Å². The Hall–Kier alpha value is -2.15. The third-order valence-corrected chi connectivity index (χ3v) is 2.52. The van der Waals surface area contributed by atoms with E-state index in [-0.39, 0.29) is 23.8 Å². The molecule has 0 spiro atoms. The number of halogens is 1. The Bertz CT molecular complexity index is 517. The van der Waals surface area contributed by atoms with E-state index in [4.69, 9.17) is 22.1 Å². The first-order chi connectivity index (χ1) is 8.58. The van der Waals surface area contributed by atoms with Crippen LogP contribution in [0.15, 0.2) is 18.2 Å². The molecule has 6 nitrogen and oxygen atoms in total. The molecule has 0 unspecified atom stereocenters. The summed E-state index contributed by atoms with van der Waals surface area (Å²) in [5, 5.41) is 28.0. The Morgan fingerprint density at radius 2 is 1.94 bits per heavy atom. The van der Waals surface area contributed by atoms with Crippen LogP contribution in [0.5, 0.6) is 0 Å². The Balaban J connectivity index is 2.91. The largest absolute Gasteiger partial charge is 0.288 e. The normalized spacial score (nSPS) is 9.78. The zero-order valence-corrected chi connectivity index (χ0v) is 10.1. The van der Waals surface area contributed by atoms with Gasteiger partial charge in [0.1, 0.15) is 5.02 Å². The molecule has 0 heterocycles. The fourth-order valence-corrected chi connectivity index (χ4v) is 1.61. The van der Waals surface area contributed by atoms with E-state index in [0.29, 0.717) is 12.1 Å². The Labute approximate surface area is 109 Å². The molecule has 0 aliphatic heterocycles. The van der Waals surface area contributed by atoms with Gasteiger partial charge in [-0.2, -0.15) is 10.5 Å². The number of nitriles is 2. The number of benzene rings is 1. The molecule has 0 saturated heterocycles. The van der Waals surface area contributed by atoms with Crippen molar-refractivity contribution in [3.8, 4) is 12.1 Å². The number of hydrogen-bond donors (Lipinski definition) is 0. The van der Waals surface area contributed by atoms with Crippen molar-refractivity contribution in [3.63, 3.8) is 0 Å². The van der Waals surface area contributed by atoms with Crippen molar-refractivity contribution in [2.24, 2.45) is 0 Å². The minimum absolute atomic E-state index is 0.0656. The van der Waals surface area contributed by atoms with E-state index >= 15 is 0 Å². The topological polar surface area (TPSA) is 94.0 Å². The van der Waals surface area contributed by atoms with Gasteiger partial charge in [0.2, 0.25) is 0 Å². The van der Waals surface area contributed by atoms with Gasteiger partial charge in [-0.05, 0) is 11.6 Å². The molecule has 0 amide bonds. The van der Waals surface area contributed by atoms with Gasteiger partial charge in [0, 0.05) is 12.6 Å². The van der Waals surface area contributed by atoms with Crippen LogP contribution in [-0.2, 0) is 6.54 Å². The molecule has 0 radical (unpaired) electrons. The van der Waals surface area contributed by atoms with Gasteiger partial charge in [-0.25, -0.2) is 0 Å². The fourth-order valence-electron chi connectivity index (χ4n) is 1.42. The van der Waals surface area contributed by atoms with Crippen molar-refractivity contribution in [2.45, 2.75) is 6.54 Å². The lowest BCUT2D eigenvalue weighted by Gasteiger charge is -2.14. The molecule has 1 aromatic rings. The summed E-state index contributed by atoms with van der Waals surface area (Å²) in [5.74, 6) is 0. The molecule has 7 heteroatoms. The Kier molecular flexibility index (Phi) is 5.06. The lowest BCUT2D eigenvalue weighted by atomic mass is 10.2. The highest BCUT2D eigenvalue weighted by atomic mass is 35.5. The van der Waals surface area contributed by atoms with Crippen molar-refractivity contribution in [1.82, 2.24) is 4.90 Å². The van der Waals surface area contributed by atoms with E-state index < -0.39 is 4.92 Å². The molecule has 0 fully saturated rings. The summed E-state index contributed by atoms with van der Waals surface area (Å²) in [5.41, 5.74) is 0.458. The second kappa shape index (κ2) is 6.55. The fraction of sp³-hybridized carbons (Fsp3) is 0.273. The molecule has 18 heavy (non-hydrogen) atoms. The third-order valence-electron chi connectivity index (χ3n) is 2.20. The molecular weight excluding hydrogens is 256 g/mol. The van der Waals surface area contributed by atoms with Crippen LogP contribution < -0.4 is 0 Å². The molecular formula is C11H9ClN4O2. The van der Waals surface area contributed by atoms with Gasteiger partial charge in [0.25, 0.3) is 5.69 Å². The van der Waals surface area contributed by atoms with E-state index in [2.05, 4.69) is 0 Å². The van der Waals surface area contributed by atoms with E-state index in [1.54, 1.807) is 11.0 Å². The number of nitro benzene ring substituents is 1. The first-order valence-electron chi connectivity index (χ1n) is 4.97. The lowest BCUT2D eigenvalue weighted by molar-refractivity contribution is -0.384. The van der Waals surface area contributed by atoms with Crippen molar-refractivity contribution in [2.75, 3.05) is 13.1 Å². The average molecular weight is 265 g/mol. The van der Waals surface area contributed by atoms with Crippen LogP contribution in [0.2, 0.25) is 5.02 Å². The molecule has 0 saturated carbocycles. The summed E-state index contributed by atoms with van der Waals surface area (Å²) in [4.78, 5) is 11.7. The van der Waals surface area contributed by atoms with Gasteiger partial charge in [-0.15, -0.1) is 0 Å². The van der Waals surface area contributed by atoms with Crippen LogP contribution in [-0.4, -0.2) is 22.9 Å². The van der Waals surface area contributed by atoms with Gasteiger partial charge < -0.3 is 0 Å². The summed E-state index contributed by atoms with van der Waals surface area (Å²) in [7, 11) is 0. The molecule has 0 aliphatic rings. The minimum Gasteiger partial charge on any atom is -0.273 e. The van der Waals surface area contributed by atoms with E-state index in [1.165, 1.54) is 12.1 Å². The highest BCUT2D eigenvalue weighted by molar-refractivity contribution is 6.32. The highest BCUT2D eigenvalue weighted by Gasteiger charge is 2.14. The Morgan fingerprint density at radius 3 is 2.44 bits per heavy atom. The number of rotatable bonds is 5. The zero-order valence-electron chi connectivity index (χ0n) is 9.34. The maximum absolute atomic E-state index is 10.7. The summed E-state index contributed by atoms with van der Waals surface area (Å²) in [6, 6.07) is 8.30. The van der Waals surface area contributed by atoms with Crippen LogP contribution in [0.1, 0.15) is 5.56 Å². The molecule has 0 N–H and O–H groups in total. The van der Waals surface area contributed by atoms with Crippen molar-refractivity contribution in [3.05, 3.63) is 38.9 Å². The molecule has 0 bridgehead atoms. The molecule has 92 valence electrons. The Morgan fingerprint density at radius 1 is 1.33 bits per heavy atom. The molecule has 1 rings (SSSR count).